The molecule has 4 rings (SSSR count). The number of para-hydroxylation sites is 1. The zero-order chi connectivity index (χ0) is 18.6. The number of anilines is 2. The van der Waals surface area contributed by atoms with Gasteiger partial charge >= 0.3 is 0 Å². The third-order valence-electron chi connectivity index (χ3n) is 4.95. The first-order chi connectivity index (χ1) is 13.2. The van der Waals surface area contributed by atoms with Crippen LogP contribution in [-0.2, 0) is 4.79 Å². The summed E-state index contributed by atoms with van der Waals surface area (Å²) in [5.74, 6) is 0.941. The molecule has 2 unspecified atom stereocenters. The molecular weight excluding hydrogens is 340 g/mol. The van der Waals surface area contributed by atoms with Gasteiger partial charge in [0.15, 0.2) is 0 Å². The Hall–Kier alpha value is -3.09. The molecule has 2 aromatic heterocycles. The number of piperidine rings is 1. The maximum absolute atomic E-state index is 12.6. The van der Waals surface area contributed by atoms with E-state index in [-0.39, 0.29) is 18.0 Å². The minimum Gasteiger partial charge on any atom is -0.374 e. The number of benzene rings is 1. The van der Waals surface area contributed by atoms with Crippen molar-refractivity contribution in [2.75, 3.05) is 23.3 Å². The van der Waals surface area contributed by atoms with Gasteiger partial charge in [-0.05, 0) is 38.0 Å². The highest BCUT2D eigenvalue weighted by Crippen LogP contribution is 2.25. The molecule has 0 bridgehead atoms. The summed E-state index contributed by atoms with van der Waals surface area (Å²) in [7, 11) is 0. The summed E-state index contributed by atoms with van der Waals surface area (Å²) in [4.78, 5) is 26.7. The van der Waals surface area contributed by atoms with E-state index in [1.54, 1.807) is 6.33 Å². The number of carbonyl (C=O) groups is 1. The summed E-state index contributed by atoms with van der Waals surface area (Å²) in [5, 5.41) is 7.45. The third-order valence-corrected chi connectivity index (χ3v) is 4.95. The van der Waals surface area contributed by atoms with Gasteiger partial charge in [-0.25, -0.2) is 9.97 Å². The van der Waals surface area contributed by atoms with Crippen LogP contribution in [-0.4, -0.2) is 46.0 Å². The maximum Gasteiger partial charge on any atom is 0.242 e. The Labute approximate surface area is 158 Å². The number of aromatic nitrogens is 3. The van der Waals surface area contributed by atoms with Crippen molar-refractivity contribution in [3.63, 3.8) is 0 Å². The molecule has 1 aliphatic rings. The molecule has 1 fully saturated rings. The van der Waals surface area contributed by atoms with Crippen LogP contribution < -0.4 is 15.5 Å². The van der Waals surface area contributed by atoms with Crippen LogP contribution in [0, 0.1) is 0 Å². The van der Waals surface area contributed by atoms with Gasteiger partial charge in [0.25, 0.3) is 0 Å². The summed E-state index contributed by atoms with van der Waals surface area (Å²) >= 11 is 0. The molecule has 0 saturated carbocycles. The standard InChI is InChI=1S/C20H24N6O/c1-14(24-15-6-3-2-4-7-15)20(27)25-16-8-5-11-26(12-16)19-17-9-10-21-18(17)22-13-23-19/h2-4,6-7,9-10,13-14,16,24H,5,8,11-12H2,1H3,(H,25,27)(H,21,22,23). The van der Waals surface area contributed by atoms with E-state index >= 15 is 0 Å². The zero-order valence-corrected chi connectivity index (χ0v) is 15.4. The van der Waals surface area contributed by atoms with Crippen molar-refractivity contribution in [3.05, 3.63) is 48.9 Å². The van der Waals surface area contributed by atoms with Crippen molar-refractivity contribution in [2.45, 2.75) is 31.8 Å². The first-order valence-corrected chi connectivity index (χ1v) is 9.36. The average molecular weight is 364 g/mol. The SMILES string of the molecule is CC(Nc1ccccc1)C(=O)NC1CCCN(c2ncnc3[nH]ccc23)C1. The molecule has 3 aromatic rings. The largest absolute Gasteiger partial charge is 0.374 e. The molecule has 0 spiro atoms. The van der Waals surface area contributed by atoms with E-state index in [9.17, 15) is 4.79 Å². The van der Waals surface area contributed by atoms with Crippen LogP contribution >= 0.6 is 0 Å². The van der Waals surface area contributed by atoms with Crippen LogP contribution in [0.25, 0.3) is 11.0 Å². The smallest absolute Gasteiger partial charge is 0.242 e. The quantitative estimate of drug-likeness (QED) is 0.648. The van der Waals surface area contributed by atoms with Crippen molar-refractivity contribution in [3.8, 4) is 0 Å². The lowest BCUT2D eigenvalue weighted by molar-refractivity contribution is -0.122. The van der Waals surface area contributed by atoms with E-state index in [1.165, 1.54) is 0 Å². The van der Waals surface area contributed by atoms with Gasteiger partial charge in [0, 0.05) is 31.0 Å². The topological polar surface area (TPSA) is 85.9 Å². The van der Waals surface area contributed by atoms with Gasteiger partial charge in [0.1, 0.15) is 23.8 Å². The molecule has 3 heterocycles. The number of fused-ring (bicyclic) bond motifs is 1. The second-order valence-corrected chi connectivity index (χ2v) is 6.96. The van der Waals surface area contributed by atoms with Crippen LogP contribution in [0.15, 0.2) is 48.9 Å². The number of nitrogens with zero attached hydrogens (tertiary/aromatic N) is 3. The minimum atomic E-state index is -0.293. The Balaban J connectivity index is 1.39. The highest BCUT2D eigenvalue weighted by Gasteiger charge is 2.25. The van der Waals surface area contributed by atoms with E-state index in [1.807, 2.05) is 49.5 Å². The van der Waals surface area contributed by atoms with Gasteiger partial charge in [-0.3, -0.25) is 4.79 Å². The van der Waals surface area contributed by atoms with Gasteiger partial charge in [-0.1, -0.05) is 18.2 Å². The number of hydrogen-bond donors (Lipinski definition) is 3. The lowest BCUT2D eigenvalue weighted by Gasteiger charge is -2.34. The molecule has 7 nitrogen and oxygen atoms in total. The summed E-state index contributed by atoms with van der Waals surface area (Å²) in [6.45, 7) is 3.57. The van der Waals surface area contributed by atoms with E-state index < -0.39 is 0 Å². The Morgan fingerprint density at radius 2 is 2.11 bits per heavy atom. The molecule has 0 aliphatic carbocycles. The van der Waals surface area contributed by atoms with Crippen molar-refractivity contribution in [2.24, 2.45) is 0 Å². The number of nitrogens with one attached hydrogen (secondary N) is 3. The molecule has 1 aliphatic heterocycles. The van der Waals surface area contributed by atoms with Crippen LogP contribution in [0.3, 0.4) is 0 Å². The fourth-order valence-electron chi connectivity index (χ4n) is 3.57. The molecule has 1 saturated heterocycles. The fraction of sp³-hybridized carbons (Fsp3) is 0.350. The van der Waals surface area contributed by atoms with Crippen LogP contribution in [0.1, 0.15) is 19.8 Å². The van der Waals surface area contributed by atoms with Gasteiger partial charge in [0.05, 0.1) is 5.39 Å². The van der Waals surface area contributed by atoms with E-state index in [4.69, 9.17) is 0 Å². The zero-order valence-electron chi connectivity index (χ0n) is 15.4. The molecule has 140 valence electrons. The number of hydrogen-bond acceptors (Lipinski definition) is 5. The highest BCUT2D eigenvalue weighted by molar-refractivity contribution is 5.87. The molecule has 7 heteroatoms. The highest BCUT2D eigenvalue weighted by atomic mass is 16.2. The van der Waals surface area contributed by atoms with Gasteiger partial charge in [-0.15, -0.1) is 0 Å². The fourth-order valence-corrected chi connectivity index (χ4v) is 3.57. The summed E-state index contributed by atoms with van der Waals surface area (Å²) < 4.78 is 0. The van der Waals surface area contributed by atoms with Gasteiger partial charge < -0.3 is 20.5 Å². The first kappa shape index (κ1) is 17.3. The van der Waals surface area contributed by atoms with E-state index in [0.29, 0.717) is 0 Å². The monoisotopic (exact) mass is 364 g/mol. The molecule has 2 atom stereocenters. The Morgan fingerprint density at radius 1 is 1.26 bits per heavy atom. The minimum absolute atomic E-state index is 0.0141. The lowest BCUT2D eigenvalue weighted by atomic mass is 10.0. The summed E-state index contributed by atoms with van der Waals surface area (Å²) in [5.41, 5.74) is 1.79. The van der Waals surface area contributed by atoms with Crippen LogP contribution in [0.2, 0.25) is 0 Å². The van der Waals surface area contributed by atoms with Crippen molar-refractivity contribution in [1.29, 1.82) is 0 Å². The molecule has 1 aromatic carbocycles. The lowest BCUT2D eigenvalue weighted by Crippen LogP contribution is -2.51. The molecule has 1 amide bonds. The van der Waals surface area contributed by atoms with E-state index in [0.717, 1.165) is 48.5 Å². The number of amides is 1. The first-order valence-electron chi connectivity index (χ1n) is 9.36. The molecule has 0 radical (unpaired) electrons. The molecule has 3 N–H and O–H groups in total. The number of H-pyrrole nitrogens is 1. The molecule has 27 heavy (non-hydrogen) atoms. The van der Waals surface area contributed by atoms with Gasteiger partial charge in [0.2, 0.25) is 5.91 Å². The maximum atomic E-state index is 12.6. The Morgan fingerprint density at radius 3 is 2.96 bits per heavy atom. The third kappa shape index (κ3) is 3.86. The van der Waals surface area contributed by atoms with Crippen molar-refractivity contribution >= 4 is 28.4 Å². The number of carbonyl (C=O) groups excluding carboxylic acids is 1. The van der Waals surface area contributed by atoms with Crippen molar-refractivity contribution in [1.82, 2.24) is 20.3 Å². The van der Waals surface area contributed by atoms with E-state index in [2.05, 4.69) is 30.5 Å². The Kier molecular flexibility index (Phi) is 4.91. The average Bonchev–Trinajstić information content (AvgIpc) is 3.18. The number of rotatable bonds is 5. The predicted octanol–water partition coefficient (Wildman–Crippen LogP) is 2.54. The predicted molar refractivity (Wildman–Crippen MR) is 107 cm³/mol. The number of aromatic amines is 1. The summed E-state index contributed by atoms with van der Waals surface area (Å²) in [6, 6.07) is 11.6. The Bertz CT molecular complexity index is 909. The van der Waals surface area contributed by atoms with Crippen LogP contribution in [0.4, 0.5) is 11.5 Å². The van der Waals surface area contributed by atoms with Crippen LogP contribution in [0.5, 0.6) is 0 Å². The van der Waals surface area contributed by atoms with Gasteiger partial charge in [-0.2, -0.15) is 0 Å². The second kappa shape index (κ2) is 7.65. The summed E-state index contributed by atoms with van der Waals surface area (Å²) in [6.07, 6.45) is 5.45. The normalized spacial score (nSPS) is 18.3. The second-order valence-electron chi connectivity index (χ2n) is 6.96. The molecular formula is C20H24N6O. The van der Waals surface area contributed by atoms with Crippen molar-refractivity contribution < 1.29 is 4.79 Å².